The van der Waals surface area contributed by atoms with Crippen molar-refractivity contribution in [2.75, 3.05) is 6.61 Å². The maximum Gasteiger partial charge on any atom is 0.0700 e. The van der Waals surface area contributed by atoms with E-state index in [0.717, 1.165) is 16.9 Å². The third-order valence-electron chi connectivity index (χ3n) is 4.19. The first-order valence-corrected chi connectivity index (χ1v) is 8.16. The molecule has 3 rings (SSSR count). The lowest BCUT2D eigenvalue weighted by molar-refractivity contribution is 0.0621. The first-order chi connectivity index (χ1) is 10.3. The molecular formula is C18H20O2S. The van der Waals surface area contributed by atoms with E-state index in [-0.39, 0.29) is 11.8 Å². The average molecular weight is 300 g/mol. The Morgan fingerprint density at radius 1 is 1.10 bits per heavy atom. The summed E-state index contributed by atoms with van der Waals surface area (Å²) in [6.45, 7) is 2.69. The SMILES string of the molecule is CC[C@@H]1COSc2ccccc2C(c2ccccc2)[C@H]1O. The minimum absolute atomic E-state index is 0.00347. The molecule has 1 aliphatic rings. The van der Waals surface area contributed by atoms with Crippen LogP contribution < -0.4 is 0 Å². The molecule has 0 amide bonds. The summed E-state index contributed by atoms with van der Waals surface area (Å²) in [5.41, 5.74) is 2.32. The Balaban J connectivity index is 2.10. The molecule has 0 aliphatic carbocycles. The first kappa shape index (κ1) is 14.6. The van der Waals surface area contributed by atoms with Gasteiger partial charge in [0.2, 0.25) is 0 Å². The van der Waals surface area contributed by atoms with E-state index in [4.69, 9.17) is 4.18 Å². The van der Waals surface area contributed by atoms with E-state index >= 15 is 0 Å². The normalized spacial score (nSPS) is 25.7. The van der Waals surface area contributed by atoms with E-state index < -0.39 is 6.10 Å². The van der Waals surface area contributed by atoms with Crippen LogP contribution in [-0.4, -0.2) is 17.8 Å². The number of aliphatic hydroxyl groups is 1. The van der Waals surface area contributed by atoms with Crippen molar-refractivity contribution in [2.24, 2.45) is 5.92 Å². The maximum absolute atomic E-state index is 10.9. The molecule has 2 aromatic rings. The van der Waals surface area contributed by atoms with Crippen molar-refractivity contribution in [3.05, 3.63) is 65.7 Å². The zero-order valence-corrected chi connectivity index (χ0v) is 12.9. The van der Waals surface area contributed by atoms with Crippen LogP contribution in [0.4, 0.5) is 0 Å². The second kappa shape index (κ2) is 6.65. The van der Waals surface area contributed by atoms with Crippen LogP contribution in [0.5, 0.6) is 0 Å². The zero-order chi connectivity index (χ0) is 14.7. The van der Waals surface area contributed by atoms with Crippen LogP contribution in [0.1, 0.15) is 30.4 Å². The minimum Gasteiger partial charge on any atom is -0.392 e. The number of benzene rings is 2. The summed E-state index contributed by atoms with van der Waals surface area (Å²) in [7, 11) is 0. The third kappa shape index (κ3) is 3.00. The van der Waals surface area contributed by atoms with Gasteiger partial charge >= 0.3 is 0 Å². The highest BCUT2D eigenvalue weighted by Crippen LogP contribution is 2.40. The van der Waals surface area contributed by atoms with Gasteiger partial charge in [-0.1, -0.05) is 55.5 Å². The summed E-state index contributed by atoms with van der Waals surface area (Å²) in [6, 6.07) is 18.5. The van der Waals surface area contributed by atoms with Crippen LogP contribution in [0, 0.1) is 5.92 Å². The first-order valence-electron chi connectivity index (χ1n) is 7.42. The molecule has 3 heteroatoms. The van der Waals surface area contributed by atoms with Crippen LogP contribution in [0.25, 0.3) is 0 Å². The van der Waals surface area contributed by atoms with E-state index in [1.807, 2.05) is 30.3 Å². The zero-order valence-electron chi connectivity index (χ0n) is 12.1. The van der Waals surface area contributed by atoms with Gasteiger partial charge < -0.3 is 9.29 Å². The second-order valence-electron chi connectivity index (χ2n) is 5.45. The van der Waals surface area contributed by atoms with E-state index in [2.05, 4.69) is 31.2 Å². The van der Waals surface area contributed by atoms with Gasteiger partial charge in [-0.2, -0.15) is 0 Å². The smallest absolute Gasteiger partial charge is 0.0700 e. The summed E-state index contributed by atoms with van der Waals surface area (Å²) in [4.78, 5) is 1.10. The molecule has 0 aromatic heterocycles. The predicted molar refractivity (Wildman–Crippen MR) is 86.3 cm³/mol. The molecule has 21 heavy (non-hydrogen) atoms. The minimum atomic E-state index is -0.431. The maximum atomic E-state index is 10.9. The Labute approximate surface area is 130 Å². The summed E-state index contributed by atoms with van der Waals surface area (Å²) in [6.07, 6.45) is 0.479. The van der Waals surface area contributed by atoms with Gasteiger partial charge in [-0.15, -0.1) is 0 Å². The quantitative estimate of drug-likeness (QED) is 0.841. The monoisotopic (exact) mass is 300 g/mol. The van der Waals surface area contributed by atoms with Gasteiger partial charge in [0.15, 0.2) is 0 Å². The Bertz CT molecular complexity index is 585. The van der Waals surface area contributed by atoms with Gasteiger partial charge in [0.25, 0.3) is 0 Å². The standard InChI is InChI=1S/C18H20O2S/c1-2-13-12-20-21-16-11-7-6-10-15(16)17(18(13)19)14-8-4-3-5-9-14/h3-11,13,17-19H,2,12H2,1H3/t13-,17?,18+/m1/s1. The van der Waals surface area contributed by atoms with Crippen LogP contribution in [0.3, 0.4) is 0 Å². The highest BCUT2D eigenvalue weighted by atomic mass is 32.2. The molecule has 0 saturated heterocycles. The molecule has 3 atom stereocenters. The molecule has 2 aromatic carbocycles. The summed E-state index contributed by atoms with van der Waals surface area (Å²) in [5, 5.41) is 10.9. The molecule has 0 saturated carbocycles. The molecular weight excluding hydrogens is 280 g/mol. The number of rotatable bonds is 2. The fourth-order valence-electron chi connectivity index (χ4n) is 2.95. The van der Waals surface area contributed by atoms with Crippen molar-refractivity contribution in [1.29, 1.82) is 0 Å². The van der Waals surface area contributed by atoms with Gasteiger partial charge in [-0.3, -0.25) is 0 Å². The van der Waals surface area contributed by atoms with Crippen LogP contribution in [0.15, 0.2) is 59.5 Å². The Hall–Kier alpha value is -1.29. The van der Waals surface area contributed by atoms with Crippen LogP contribution in [-0.2, 0) is 4.18 Å². The summed E-state index contributed by atoms with van der Waals surface area (Å²) in [5.74, 6) is 0.153. The van der Waals surface area contributed by atoms with Crippen molar-refractivity contribution < 1.29 is 9.29 Å². The van der Waals surface area contributed by atoms with Gasteiger partial charge in [0.1, 0.15) is 0 Å². The lowest BCUT2D eigenvalue weighted by Gasteiger charge is -2.33. The van der Waals surface area contributed by atoms with Crippen molar-refractivity contribution in [3.8, 4) is 0 Å². The van der Waals surface area contributed by atoms with Gasteiger partial charge in [-0.25, -0.2) is 0 Å². The van der Waals surface area contributed by atoms with E-state index in [9.17, 15) is 5.11 Å². The molecule has 1 heterocycles. The van der Waals surface area contributed by atoms with Crippen molar-refractivity contribution >= 4 is 12.0 Å². The molecule has 1 aliphatic heterocycles. The molecule has 0 radical (unpaired) electrons. The van der Waals surface area contributed by atoms with Crippen molar-refractivity contribution in [1.82, 2.24) is 0 Å². The predicted octanol–water partition coefficient (Wildman–Crippen LogP) is 4.24. The number of aliphatic hydroxyl groups excluding tert-OH is 1. The lowest BCUT2D eigenvalue weighted by Crippen LogP contribution is -2.32. The molecule has 1 N–H and O–H groups in total. The fraction of sp³-hybridized carbons (Fsp3) is 0.333. The van der Waals surface area contributed by atoms with Crippen molar-refractivity contribution in [3.63, 3.8) is 0 Å². The summed E-state index contributed by atoms with van der Waals surface area (Å²) >= 11 is 1.43. The second-order valence-corrected chi connectivity index (χ2v) is 6.30. The third-order valence-corrected chi connectivity index (χ3v) is 5.00. The average Bonchev–Trinajstić information content (AvgIpc) is 2.52. The molecule has 1 unspecified atom stereocenters. The Kier molecular flexibility index (Phi) is 4.63. The number of fused-ring (bicyclic) bond motifs is 1. The van der Waals surface area contributed by atoms with Crippen LogP contribution in [0.2, 0.25) is 0 Å². The van der Waals surface area contributed by atoms with Crippen molar-refractivity contribution in [2.45, 2.75) is 30.3 Å². The Morgan fingerprint density at radius 2 is 1.81 bits per heavy atom. The van der Waals surface area contributed by atoms with E-state index in [0.29, 0.717) is 6.61 Å². The highest BCUT2D eigenvalue weighted by Gasteiger charge is 2.32. The molecule has 110 valence electrons. The van der Waals surface area contributed by atoms with Crippen LogP contribution >= 0.6 is 12.0 Å². The molecule has 0 fully saturated rings. The molecule has 0 spiro atoms. The number of hydrogen-bond donors (Lipinski definition) is 1. The summed E-state index contributed by atoms with van der Waals surface area (Å²) < 4.78 is 5.72. The largest absolute Gasteiger partial charge is 0.392 e. The fourth-order valence-corrected chi connectivity index (χ4v) is 3.74. The van der Waals surface area contributed by atoms with Gasteiger partial charge in [-0.05, 0) is 23.6 Å². The number of hydrogen-bond acceptors (Lipinski definition) is 3. The molecule has 2 nitrogen and oxygen atoms in total. The van der Waals surface area contributed by atoms with Gasteiger partial charge in [0.05, 0.1) is 12.7 Å². The topological polar surface area (TPSA) is 29.5 Å². The van der Waals surface area contributed by atoms with E-state index in [1.54, 1.807) is 0 Å². The van der Waals surface area contributed by atoms with Gasteiger partial charge in [0, 0.05) is 28.8 Å². The highest BCUT2D eigenvalue weighted by molar-refractivity contribution is 7.94. The Morgan fingerprint density at radius 3 is 2.57 bits per heavy atom. The van der Waals surface area contributed by atoms with E-state index in [1.165, 1.54) is 17.6 Å². The molecule has 0 bridgehead atoms. The lowest BCUT2D eigenvalue weighted by atomic mass is 9.80.